The average Bonchev–Trinajstić information content (AvgIpc) is 2.71. The molecule has 7 nitrogen and oxygen atoms in total. The van der Waals surface area contributed by atoms with Gasteiger partial charge in [-0.2, -0.15) is 5.10 Å². The van der Waals surface area contributed by atoms with Crippen LogP contribution >= 0.6 is 0 Å². The smallest absolute Gasteiger partial charge is 0.274 e. The van der Waals surface area contributed by atoms with E-state index < -0.39 is 0 Å². The summed E-state index contributed by atoms with van der Waals surface area (Å²) in [4.78, 5) is 24.9. The van der Waals surface area contributed by atoms with Gasteiger partial charge in [-0.3, -0.25) is 9.59 Å². The second-order valence-electron chi connectivity index (χ2n) is 6.79. The van der Waals surface area contributed by atoms with Crippen molar-refractivity contribution in [3.63, 3.8) is 0 Å². The lowest BCUT2D eigenvalue weighted by Crippen LogP contribution is -2.30. The molecule has 0 bridgehead atoms. The highest BCUT2D eigenvalue weighted by atomic mass is 16.6. The van der Waals surface area contributed by atoms with Gasteiger partial charge < -0.3 is 14.8 Å². The van der Waals surface area contributed by atoms with E-state index in [9.17, 15) is 9.59 Å². The second-order valence-corrected chi connectivity index (χ2v) is 6.79. The number of carbonyl (C=O) groups excluding carboxylic acids is 1. The van der Waals surface area contributed by atoms with E-state index in [1.165, 1.54) is 4.68 Å². The number of aromatic nitrogens is 2. The third-order valence-corrected chi connectivity index (χ3v) is 4.80. The fraction of sp³-hybridized carbons (Fsp3) is 0.286. The Morgan fingerprint density at radius 2 is 1.86 bits per heavy atom. The number of nitrogens with one attached hydrogen (secondary N) is 1. The summed E-state index contributed by atoms with van der Waals surface area (Å²) in [6, 6.07) is 12.7. The molecule has 1 N–H and O–H groups in total. The third kappa shape index (κ3) is 3.43. The molecule has 1 aromatic heterocycles. The first-order valence-corrected chi connectivity index (χ1v) is 9.17. The van der Waals surface area contributed by atoms with E-state index in [-0.39, 0.29) is 23.9 Å². The molecule has 1 unspecified atom stereocenters. The molecule has 0 radical (unpaired) electrons. The van der Waals surface area contributed by atoms with Gasteiger partial charge in [0.15, 0.2) is 11.5 Å². The minimum Gasteiger partial charge on any atom is -0.486 e. The summed E-state index contributed by atoms with van der Waals surface area (Å²) in [7, 11) is 1.59. The molecule has 0 aliphatic carbocycles. The molecule has 1 atom stereocenters. The van der Waals surface area contributed by atoms with Crippen LogP contribution in [0.4, 0.5) is 0 Å². The van der Waals surface area contributed by atoms with E-state index in [0.717, 1.165) is 11.3 Å². The predicted octanol–water partition coefficient (Wildman–Crippen LogP) is 2.12. The standard InChI is InChI=1S/C21H21N3O4/c1-13(14-7-8-18-19(11-14)28-10-9-27-18)22-20(25)12-17-15-5-3-4-6-16(15)21(26)24(2)23-17/h3-8,11,13H,9-10,12H2,1-2H3,(H,22,25). The first-order chi connectivity index (χ1) is 13.5. The second kappa shape index (κ2) is 7.34. The SMILES string of the molecule is CC(NC(=O)Cc1nn(C)c(=O)c2ccccc12)c1ccc2c(c1)OCCO2. The van der Waals surface area contributed by atoms with Crippen LogP contribution in [-0.4, -0.2) is 28.9 Å². The summed E-state index contributed by atoms with van der Waals surface area (Å²) < 4.78 is 12.4. The molecule has 0 fully saturated rings. The van der Waals surface area contributed by atoms with Crippen molar-refractivity contribution >= 4 is 16.7 Å². The summed E-state index contributed by atoms with van der Waals surface area (Å²) >= 11 is 0. The number of hydrogen-bond acceptors (Lipinski definition) is 5. The van der Waals surface area contributed by atoms with Crippen molar-refractivity contribution in [1.82, 2.24) is 15.1 Å². The molecular weight excluding hydrogens is 358 g/mol. The average molecular weight is 379 g/mol. The zero-order chi connectivity index (χ0) is 19.7. The summed E-state index contributed by atoms with van der Waals surface area (Å²) in [6.45, 7) is 2.97. The number of benzene rings is 2. The normalized spacial score (nSPS) is 13.9. The van der Waals surface area contributed by atoms with E-state index in [1.54, 1.807) is 19.2 Å². The highest BCUT2D eigenvalue weighted by molar-refractivity contribution is 5.88. The lowest BCUT2D eigenvalue weighted by Gasteiger charge is -2.21. The fourth-order valence-corrected chi connectivity index (χ4v) is 3.36. The number of carbonyl (C=O) groups is 1. The topological polar surface area (TPSA) is 82.5 Å². The van der Waals surface area contributed by atoms with Crippen LogP contribution in [0.15, 0.2) is 47.3 Å². The Balaban J connectivity index is 1.53. The van der Waals surface area contributed by atoms with Gasteiger partial charge in [0, 0.05) is 12.4 Å². The van der Waals surface area contributed by atoms with Crippen LogP contribution < -0.4 is 20.3 Å². The van der Waals surface area contributed by atoms with Crippen molar-refractivity contribution in [2.24, 2.45) is 7.05 Å². The Kier molecular flexibility index (Phi) is 4.73. The molecule has 4 rings (SSSR count). The number of ether oxygens (including phenoxy) is 2. The summed E-state index contributed by atoms with van der Waals surface area (Å²) in [5.41, 5.74) is 1.32. The fourth-order valence-electron chi connectivity index (χ4n) is 3.36. The zero-order valence-electron chi connectivity index (χ0n) is 15.8. The largest absolute Gasteiger partial charge is 0.486 e. The van der Waals surface area contributed by atoms with Crippen molar-refractivity contribution in [2.75, 3.05) is 13.2 Å². The molecule has 28 heavy (non-hydrogen) atoms. The maximum atomic E-state index is 12.6. The first-order valence-electron chi connectivity index (χ1n) is 9.17. The van der Waals surface area contributed by atoms with E-state index in [0.29, 0.717) is 35.4 Å². The van der Waals surface area contributed by atoms with E-state index in [1.807, 2.05) is 37.3 Å². The molecule has 3 aromatic rings. The molecule has 1 aliphatic rings. The first kappa shape index (κ1) is 18.0. The van der Waals surface area contributed by atoms with Crippen molar-refractivity contribution in [3.8, 4) is 11.5 Å². The molecule has 0 saturated carbocycles. The molecule has 1 amide bonds. The van der Waals surface area contributed by atoms with E-state index in [2.05, 4.69) is 10.4 Å². The van der Waals surface area contributed by atoms with Crippen LogP contribution in [0, 0.1) is 0 Å². The Morgan fingerprint density at radius 1 is 1.14 bits per heavy atom. The molecule has 7 heteroatoms. The van der Waals surface area contributed by atoms with Crippen LogP contribution in [0.25, 0.3) is 10.8 Å². The predicted molar refractivity (Wildman–Crippen MR) is 105 cm³/mol. The Morgan fingerprint density at radius 3 is 2.64 bits per heavy atom. The molecule has 1 aliphatic heterocycles. The molecule has 0 spiro atoms. The molecule has 2 aromatic carbocycles. The molecule has 144 valence electrons. The van der Waals surface area contributed by atoms with Crippen LogP contribution in [0.5, 0.6) is 11.5 Å². The number of aryl methyl sites for hydroxylation is 1. The zero-order valence-corrected chi connectivity index (χ0v) is 15.8. The summed E-state index contributed by atoms with van der Waals surface area (Å²) in [6.07, 6.45) is 0.0868. The maximum absolute atomic E-state index is 12.6. The van der Waals surface area contributed by atoms with Crippen molar-refractivity contribution in [2.45, 2.75) is 19.4 Å². The van der Waals surface area contributed by atoms with Crippen LogP contribution in [0.1, 0.15) is 24.2 Å². The van der Waals surface area contributed by atoms with Gasteiger partial charge in [0.05, 0.1) is 23.5 Å². The number of fused-ring (bicyclic) bond motifs is 2. The molecular formula is C21H21N3O4. The van der Waals surface area contributed by atoms with E-state index >= 15 is 0 Å². The quantitative estimate of drug-likeness (QED) is 0.751. The maximum Gasteiger partial charge on any atom is 0.274 e. The molecule has 0 saturated heterocycles. The minimum atomic E-state index is -0.206. The van der Waals surface area contributed by atoms with Gasteiger partial charge in [0.1, 0.15) is 13.2 Å². The van der Waals surface area contributed by atoms with Crippen molar-refractivity contribution in [3.05, 3.63) is 64.1 Å². The highest BCUT2D eigenvalue weighted by Gasteiger charge is 2.17. The Hall–Kier alpha value is -3.35. The monoisotopic (exact) mass is 379 g/mol. The Labute approximate surface area is 161 Å². The number of hydrogen-bond donors (Lipinski definition) is 1. The van der Waals surface area contributed by atoms with E-state index in [4.69, 9.17) is 9.47 Å². The molecule has 2 heterocycles. The minimum absolute atomic E-state index is 0.0868. The van der Waals surface area contributed by atoms with Gasteiger partial charge in [-0.05, 0) is 30.7 Å². The summed E-state index contributed by atoms with van der Waals surface area (Å²) in [5, 5.41) is 8.53. The van der Waals surface area contributed by atoms with Gasteiger partial charge in [-0.1, -0.05) is 24.3 Å². The number of nitrogens with zero attached hydrogens (tertiary/aromatic N) is 2. The van der Waals surface area contributed by atoms with Crippen LogP contribution in [0.2, 0.25) is 0 Å². The van der Waals surface area contributed by atoms with Crippen molar-refractivity contribution in [1.29, 1.82) is 0 Å². The van der Waals surface area contributed by atoms with Crippen LogP contribution in [-0.2, 0) is 18.3 Å². The number of amides is 1. The Bertz CT molecular complexity index is 1110. The van der Waals surface area contributed by atoms with Gasteiger partial charge >= 0.3 is 0 Å². The van der Waals surface area contributed by atoms with Gasteiger partial charge in [0.25, 0.3) is 5.56 Å². The van der Waals surface area contributed by atoms with Gasteiger partial charge in [0.2, 0.25) is 5.91 Å². The summed E-state index contributed by atoms with van der Waals surface area (Å²) in [5.74, 6) is 1.24. The highest BCUT2D eigenvalue weighted by Crippen LogP contribution is 2.32. The van der Waals surface area contributed by atoms with Crippen molar-refractivity contribution < 1.29 is 14.3 Å². The van der Waals surface area contributed by atoms with Gasteiger partial charge in [-0.15, -0.1) is 0 Å². The lowest BCUT2D eigenvalue weighted by molar-refractivity contribution is -0.121. The van der Waals surface area contributed by atoms with Crippen LogP contribution in [0.3, 0.4) is 0 Å². The van der Waals surface area contributed by atoms with Gasteiger partial charge in [-0.25, -0.2) is 4.68 Å². The third-order valence-electron chi connectivity index (χ3n) is 4.80. The lowest BCUT2D eigenvalue weighted by atomic mass is 10.1. The number of rotatable bonds is 4.